The first-order valence-electron chi connectivity index (χ1n) is 5.73. The van der Waals surface area contributed by atoms with Gasteiger partial charge in [-0.25, -0.2) is 4.39 Å². The molecular weight excluding hydrogens is 295 g/mol. The van der Waals surface area contributed by atoms with Gasteiger partial charge in [0.2, 0.25) is 0 Å². The highest BCUT2D eigenvalue weighted by Crippen LogP contribution is 2.19. The summed E-state index contributed by atoms with van der Waals surface area (Å²) in [6.07, 6.45) is 5.02. The minimum Gasteiger partial charge on any atom is -0.327 e. The van der Waals surface area contributed by atoms with Crippen LogP contribution < -0.4 is 5.73 Å². The monoisotopic (exact) mass is 308 g/mol. The van der Waals surface area contributed by atoms with Crippen LogP contribution in [0.25, 0.3) is 0 Å². The van der Waals surface area contributed by atoms with Crippen LogP contribution >= 0.6 is 15.9 Å². The van der Waals surface area contributed by atoms with Crippen molar-refractivity contribution < 1.29 is 4.39 Å². The van der Waals surface area contributed by atoms with Crippen LogP contribution in [-0.2, 0) is 12.8 Å². The molecule has 2 N–H and O–H groups in total. The Hall–Kier alpha value is -1.26. The number of nitrogens with two attached hydrogens (primary N) is 1. The maximum Gasteiger partial charge on any atom is 0.124 e. The summed E-state index contributed by atoms with van der Waals surface area (Å²) in [6.45, 7) is 0. The van der Waals surface area contributed by atoms with Crippen LogP contribution in [-0.4, -0.2) is 11.0 Å². The normalized spacial score (nSPS) is 12.4. The third-order valence-electron chi connectivity index (χ3n) is 2.74. The third kappa shape index (κ3) is 3.62. The number of halogens is 2. The van der Waals surface area contributed by atoms with Crippen LogP contribution in [0.15, 0.2) is 47.2 Å². The minimum atomic E-state index is -0.242. The number of aromatic nitrogens is 1. The first-order chi connectivity index (χ1) is 8.65. The Kier molecular flexibility index (Phi) is 4.44. The number of benzene rings is 1. The van der Waals surface area contributed by atoms with E-state index in [1.165, 1.54) is 12.1 Å². The van der Waals surface area contributed by atoms with Crippen molar-refractivity contribution in [1.29, 1.82) is 0 Å². The zero-order valence-electron chi connectivity index (χ0n) is 9.81. The fourth-order valence-electron chi connectivity index (χ4n) is 1.86. The third-order valence-corrected chi connectivity index (χ3v) is 3.48. The molecule has 1 heterocycles. The van der Waals surface area contributed by atoms with Gasteiger partial charge in [0.1, 0.15) is 5.82 Å². The van der Waals surface area contributed by atoms with E-state index in [-0.39, 0.29) is 11.9 Å². The Labute approximate surface area is 114 Å². The molecule has 0 fully saturated rings. The standard InChI is InChI=1S/C14H14BrFN2/c15-14-9-12(16)2-1-11(14)8-13(17)7-10-3-5-18-6-4-10/h1-6,9,13H,7-8,17H2. The summed E-state index contributed by atoms with van der Waals surface area (Å²) in [4.78, 5) is 3.97. The molecule has 0 bridgehead atoms. The lowest BCUT2D eigenvalue weighted by atomic mass is 10.0. The molecule has 0 saturated heterocycles. The largest absolute Gasteiger partial charge is 0.327 e. The van der Waals surface area contributed by atoms with E-state index in [0.717, 1.165) is 22.0 Å². The van der Waals surface area contributed by atoms with E-state index in [4.69, 9.17) is 5.73 Å². The number of hydrogen-bond donors (Lipinski definition) is 1. The smallest absolute Gasteiger partial charge is 0.124 e. The highest BCUT2D eigenvalue weighted by atomic mass is 79.9. The fraction of sp³-hybridized carbons (Fsp3) is 0.214. The summed E-state index contributed by atoms with van der Waals surface area (Å²) >= 11 is 3.36. The fourth-order valence-corrected chi connectivity index (χ4v) is 2.38. The van der Waals surface area contributed by atoms with E-state index >= 15 is 0 Å². The van der Waals surface area contributed by atoms with Crippen molar-refractivity contribution in [3.05, 3.63) is 64.1 Å². The molecule has 1 aromatic heterocycles. The Balaban J connectivity index is 2.01. The molecule has 0 saturated carbocycles. The Morgan fingerprint density at radius 3 is 2.56 bits per heavy atom. The molecule has 0 aliphatic carbocycles. The van der Waals surface area contributed by atoms with Crippen LogP contribution in [0.1, 0.15) is 11.1 Å². The van der Waals surface area contributed by atoms with Crippen molar-refractivity contribution in [3.63, 3.8) is 0 Å². The number of pyridine rings is 1. The highest BCUT2D eigenvalue weighted by Gasteiger charge is 2.08. The SMILES string of the molecule is NC(Cc1ccncc1)Cc1ccc(F)cc1Br. The van der Waals surface area contributed by atoms with Gasteiger partial charge in [-0.3, -0.25) is 4.98 Å². The van der Waals surface area contributed by atoms with Gasteiger partial charge in [-0.05, 0) is 48.2 Å². The molecule has 94 valence electrons. The second-order valence-electron chi connectivity index (χ2n) is 4.26. The molecule has 4 heteroatoms. The molecule has 2 nitrogen and oxygen atoms in total. The quantitative estimate of drug-likeness (QED) is 0.942. The molecule has 1 unspecified atom stereocenters. The van der Waals surface area contributed by atoms with Crippen LogP contribution in [0, 0.1) is 5.82 Å². The molecule has 0 spiro atoms. The van der Waals surface area contributed by atoms with Crippen LogP contribution in [0.2, 0.25) is 0 Å². The first-order valence-corrected chi connectivity index (χ1v) is 6.53. The summed E-state index contributed by atoms with van der Waals surface area (Å²) in [6, 6.07) is 8.62. The van der Waals surface area contributed by atoms with Gasteiger partial charge in [-0.15, -0.1) is 0 Å². The topological polar surface area (TPSA) is 38.9 Å². The molecule has 1 atom stereocenters. The maximum absolute atomic E-state index is 13.0. The van der Waals surface area contributed by atoms with Crippen molar-refractivity contribution in [2.75, 3.05) is 0 Å². The lowest BCUT2D eigenvalue weighted by Crippen LogP contribution is -2.25. The van der Waals surface area contributed by atoms with Crippen molar-refractivity contribution in [2.24, 2.45) is 5.73 Å². The van der Waals surface area contributed by atoms with Gasteiger partial charge in [-0.2, -0.15) is 0 Å². The Bertz CT molecular complexity index is 516. The number of hydrogen-bond acceptors (Lipinski definition) is 2. The zero-order chi connectivity index (χ0) is 13.0. The van der Waals surface area contributed by atoms with E-state index in [9.17, 15) is 4.39 Å². The summed E-state index contributed by atoms with van der Waals surface area (Å²) in [5, 5.41) is 0. The summed E-state index contributed by atoms with van der Waals surface area (Å²) in [7, 11) is 0. The van der Waals surface area contributed by atoms with Gasteiger partial charge < -0.3 is 5.73 Å². The predicted molar refractivity (Wildman–Crippen MR) is 73.7 cm³/mol. The second-order valence-corrected chi connectivity index (χ2v) is 5.11. The Morgan fingerprint density at radius 2 is 1.89 bits per heavy atom. The molecule has 18 heavy (non-hydrogen) atoms. The van der Waals surface area contributed by atoms with E-state index < -0.39 is 0 Å². The molecule has 2 rings (SSSR count). The van der Waals surface area contributed by atoms with Crippen molar-refractivity contribution in [3.8, 4) is 0 Å². The minimum absolute atomic E-state index is 0.00848. The molecular formula is C14H14BrFN2. The summed E-state index contributed by atoms with van der Waals surface area (Å²) in [5.74, 6) is -0.242. The molecule has 2 aromatic rings. The number of rotatable bonds is 4. The average molecular weight is 309 g/mol. The lowest BCUT2D eigenvalue weighted by Gasteiger charge is -2.13. The van der Waals surface area contributed by atoms with E-state index in [1.54, 1.807) is 18.5 Å². The lowest BCUT2D eigenvalue weighted by molar-refractivity contribution is 0.622. The number of nitrogens with zero attached hydrogens (tertiary/aromatic N) is 1. The Morgan fingerprint density at radius 1 is 1.17 bits per heavy atom. The van der Waals surface area contributed by atoms with Gasteiger partial charge in [0, 0.05) is 22.9 Å². The first kappa shape index (κ1) is 13.2. The van der Waals surface area contributed by atoms with Crippen LogP contribution in [0.3, 0.4) is 0 Å². The molecule has 0 amide bonds. The second kappa shape index (κ2) is 6.07. The zero-order valence-corrected chi connectivity index (χ0v) is 11.4. The van der Waals surface area contributed by atoms with Gasteiger partial charge >= 0.3 is 0 Å². The highest BCUT2D eigenvalue weighted by molar-refractivity contribution is 9.10. The van der Waals surface area contributed by atoms with E-state index in [0.29, 0.717) is 6.42 Å². The van der Waals surface area contributed by atoms with Crippen molar-refractivity contribution in [1.82, 2.24) is 4.98 Å². The molecule has 1 aromatic carbocycles. The van der Waals surface area contributed by atoms with Gasteiger partial charge in [0.25, 0.3) is 0 Å². The van der Waals surface area contributed by atoms with E-state index in [2.05, 4.69) is 20.9 Å². The summed E-state index contributed by atoms with van der Waals surface area (Å²) in [5.41, 5.74) is 8.30. The van der Waals surface area contributed by atoms with E-state index in [1.807, 2.05) is 12.1 Å². The van der Waals surface area contributed by atoms with Gasteiger partial charge in [-0.1, -0.05) is 22.0 Å². The summed E-state index contributed by atoms with van der Waals surface area (Å²) < 4.78 is 13.7. The van der Waals surface area contributed by atoms with Gasteiger partial charge in [0.15, 0.2) is 0 Å². The molecule has 0 radical (unpaired) electrons. The predicted octanol–water partition coefficient (Wildman–Crippen LogP) is 3.10. The van der Waals surface area contributed by atoms with Gasteiger partial charge in [0.05, 0.1) is 0 Å². The average Bonchev–Trinajstić information content (AvgIpc) is 2.34. The maximum atomic E-state index is 13.0. The van der Waals surface area contributed by atoms with Crippen molar-refractivity contribution >= 4 is 15.9 Å². The molecule has 0 aliphatic rings. The van der Waals surface area contributed by atoms with Crippen LogP contribution in [0.4, 0.5) is 4.39 Å². The van der Waals surface area contributed by atoms with Crippen molar-refractivity contribution in [2.45, 2.75) is 18.9 Å². The van der Waals surface area contributed by atoms with Crippen LogP contribution in [0.5, 0.6) is 0 Å². The molecule has 0 aliphatic heterocycles.